The maximum absolute atomic E-state index is 11.9. The van der Waals surface area contributed by atoms with Crippen molar-refractivity contribution in [3.8, 4) is 0 Å². The molecule has 2 N–H and O–H groups in total. The van der Waals surface area contributed by atoms with E-state index in [9.17, 15) is 4.79 Å². The summed E-state index contributed by atoms with van der Waals surface area (Å²) in [6.07, 6.45) is 5.13. The molecule has 1 atom stereocenters. The molecule has 2 rings (SSSR count). The highest BCUT2D eigenvalue weighted by Crippen LogP contribution is 2.24. The van der Waals surface area contributed by atoms with Crippen LogP contribution in [0.4, 0.5) is 5.69 Å². The zero-order valence-corrected chi connectivity index (χ0v) is 13.6. The number of rotatable bonds is 4. The van der Waals surface area contributed by atoms with Gasteiger partial charge in [-0.3, -0.25) is 4.79 Å². The van der Waals surface area contributed by atoms with E-state index in [1.165, 1.54) is 19.3 Å². The molecule has 0 radical (unpaired) electrons. The molecular formula is C14H18ClIN2O. The van der Waals surface area contributed by atoms with Crippen molar-refractivity contribution in [2.75, 3.05) is 11.9 Å². The molecule has 1 saturated heterocycles. The Kier molecular flexibility index (Phi) is 5.91. The number of piperidine rings is 1. The summed E-state index contributed by atoms with van der Waals surface area (Å²) in [7, 11) is 0. The summed E-state index contributed by atoms with van der Waals surface area (Å²) in [5.74, 6) is 0.0375. The number of hydrogen-bond acceptors (Lipinski definition) is 2. The van der Waals surface area contributed by atoms with Crippen molar-refractivity contribution in [2.24, 2.45) is 0 Å². The molecule has 0 saturated carbocycles. The van der Waals surface area contributed by atoms with E-state index in [1.807, 2.05) is 18.2 Å². The van der Waals surface area contributed by atoms with Crippen LogP contribution in [0.5, 0.6) is 0 Å². The molecule has 0 spiro atoms. The lowest BCUT2D eigenvalue weighted by molar-refractivity contribution is -0.116. The second kappa shape index (κ2) is 7.45. The Morgan fingerprint density at radius 1 is 1.47 bits per heavy atom. The van der Waals surface area contributed by atoms with Gasteiger partial charge in [0.05, 0.1) is 10.7 Å². The monoisotopic (exact) mass is 392 g/mol. The van der Waals surface area contributed by atoms with Gasteiger partial charge in [-0.1, -0.05) is 18.0 Å². The molecule has 19 heavy (non-hydrogen) atoms. The van der Waals surface area contributed by atoms with Crippen LogP contribution in [-0.2, 0) is 4.79 Å². The molecule has 1 aliphatic rings. The third kappa shape index (κ3) is 4.93. The topological polar surface area (TPSA) is 41.1 Å². The summed E-state index contributed by atoms with van der Waals surface area (Å²) < 4.78 is 1.06. The number of halogens is 2. The zero-order chi connectivity index (χ0) is 13.7. The highest BCUT2D eigenvalue weighted by molar-refractivity contribution is 14.1. The summed E-state index contributed by atoms with van der Waals surface area (Å²) in [5.41, 5.74) is 0.698. The Balaban J connectivity index is 1.80. The highest BCUT2D eigenvalue weighted by atomic mass is 127. The molecule has 0 bridgehead atoms. The number of carbonyl (C=O) groups is 1. The summed E-state index contributed by atoms with van der Waals surface area (Å²) in [4.78, 5) is 11.9. The summed E-state index contributed by atoms with van der Waals surface area (Å²) in [6, 6.07) is 6.12. The molecule has 104 valence electrons. The van der Waals surface area contributed by atoms with Crippen molar-refractivity contribution in [3.05, 3.63) is 26.8 Å². The van der Waals surface area contributed by atoms with Crippen LogP contribution in [0.3, 0.4) is 0 Å². The molecule has 1 unspecified atom stereocenters. The van der Waals surface area contributed by atoms with Gasteiger partial charge in [-0.25, -0.2) is 0 Å². The molecule has 1 fully saturated rings. The van der Waals surface area contributed by atoms with Gasteiger partial charge in [0.25, 0.3) is 0 Å². The van der Waals surface area contributed by atoms with E-state index in [-0.39, 0.29) is 5.91 Å². The predicted molar refractivity (Wildman–Crippen MR) is 87.7 cm³/mol. The van der Waals surface area contributed by atoms with E-state index in [2.05, 4.69) is 33.2 Å². The van der Waals surface area contributed by atoms with Gasteiger partial charge in [0.1, 0.15) is 0 Å². The van der Waals surface area contributed by atoms with Crippen molar-refractivity contribution in [2.45, 2.75) is 38.1 Å². The molecule has 1 aromatic carbocycles. The van der Waals surface area contributed by atoms with Crippen molar-refractivity contribution in [1.29, 1.82) is 0 Å². The molecule has 5 heteroatoms. The van der Waals surface area contributed by atoms with Crippen molar-refractivity contribution in [1.82, 2.24) is 5.32 Å². The van der Waals surface area contributed by atoms with E-state index in [1.54, 1.807) is 0 Å². The normalized spacial score (nSPS) is 19.2. The van der Waals surface area contributed by atoms with E-state index < -0.39 is 0 Å². The first-order chi connectivity index (χ1) is 9.15. The van der Waals surface area contributed by atoms with Crippen LogP contribution in [-0.4, -0.2) is 18.5 Å². The Morgan fingerprint density at radius 3 is 3.00 bits per heavy atom. The first-order valence-electron chi connectivity index (χ1n) is 6.63. The molecule has 1 amide bonds. The second-order valence-corrected chi connectivity index (χ2v) is 6.51. The quantitative estimate of drug-likeness (QED) is 0.765. The minimum absolute atomic E-state index is 0.0375. The van der Waals surface area contributed by atoms with Crippen molar-refractivity contribution >= 4 is 45.8 Å². The van der Waals surface area contributed by atoms with Crippen LogP contribution < -0.4 is 10.6 Å². The third-order valence-corrected chi connectivity index (χ3v) is 4.32. The number of benzene rings is 1. The Labute approximate surface area is 132 Å². The average molecular weight is 393 g/mol. The highest BCUT2D eigenvalue weighted by Gasteiger charge is 2.14. The van der Waals surface area contributed by atoms with Gasteiger partial charge >= 0.3 is 0 Å². The van der Waals surface area contributed by atoms with Gasteiger partial charge in [0.15, 0.2) is 0 Å². The molecular weight excluding hydrogens is 375 g/mol. The Hall–Kier alpha value is -0.330. The van der Waals surface area contributed by atoms with E-state index in [0.717, 1.165) is 16.5 Å². The van der Waals surface area contributed by atoms with E-state index >= 15 is 0 Å². The maximum Gasteiger partial charge on any atom is 0.224 e. The van der Waals surface area contributed by atoms with Crippen LogP contribution in [0, 0.1) is 3.57 Å². The van der Waals surface area contributed by atoms with Crippen LogP contribution in [0.2, 0.25) is 5.02 Å². The number of carbonyl (C=O) groups excluding carboxylic acids is 1. The largest absolute Gasteiger partial charge is 0.325 e. The first kappa shape index (κ1) is 15.1. The third-order valence-electron chi connectivity index (χ3n) is 3.34. The minimum Gasteiger partial charge on any atom is -0.325 e. The number of anilines is 1. The van der Waals surface area contributed by atoms with Crippen LogP contribution in [0.1, 0.15) is 32.1 Å². The fraction of sp³-hybridized carbons (Fsp3) is 0.500. The van der Waals surface area contributed by atoms with Crippen molar-refractivity contribution < 1.29 is 4.79 Å². The smallest absolute Gasteiger partial charge is 0.224 e. The molecule has 0 aromatic heterocycles. The van der Waals surface area contributed by atoms with Gasteiger partial charge in [-0.05, 0) is 66.6 Å². The van der Waals surface area contributed by atoms with E-state index in [4.69, 9.17) is 11.6 Å². The fourth-order valence-electron chi connectivity index (χ4n) is 2.28. The summed E-state index contributed by atoms with van der Waals surface area (Å²) in [5, 5.41) is 6.92. The lowest BCUT2D eigenvalue weighted by atomic mass is 10.0. The average Bonchev–Trinajstić information content (AvgIpc) is 2.41. The Bertz CT molecular complexity index is 447. The van der Waals surface area contributed by atoms with Crippen LogP contribution in [0.15, 0.2) is 18.2 Å². The minimum atomic E-state index is 0.0375. The molecule has 3 nitrogen and oxygen atoms in total. The van der Waals surface area contributed by atoms with Gasteiger partial charge in [-0.15, -0.1) is 0 Å². The summed E-state index contributed by atoms with van der Waals surface area (Å²) >= 11 is 8.29. The standard InChI is InChI=1S/C14H18ClIN2O/c15-12-9-10(16)4-6-13(12)18-14(19)7-5-11-3-1-2-8-17-11/h4,6,9,11,17H,1-3,5,7-8H2,(H,18,19). The maximum atomic E-state index is 11.9. The van der Waals surface area contributed by atoms with Gasteiger partial charge < -0.3 is 10.6 Å². The molecule has 1 heterocycles. The zero-order valence-electron chi connectivity index (χ0n) is 10.7. The van der Waals surface area contributed by atoms with Crippen LogP contribution in [0.25, 0.3) is 0 Å². The number of hydrogen-bond donors (Lipinski definition) is 2. The van der Waals surface area contributed by atoms with Gasteiger partial charge in [-0.2, -0.15) is 0 Å². The van der Waals surface area contributed by atoms with Gasteiger partial charge in [0.2, 0.25) is 5.91 Å². The molecule has 1 aromatic rings. The first-order valence-corrected chi connectivity index (χ1v) is 8.09. The predicted octanol–water partition coefficient (Wildman–Crippen LogP) is 3.81. The van der Waals surface area contributed by atoms with E-state index in [0.29, 0.717) is 23.2 Å². The van der Waals surface area contributed by atoms with Crippen molar-refractivity contribution in [3.63, 3.8) is 0 Å². The summed E-state index contributed by atoms with van der Waals surface area (Å²) in [6.45, 7) is 1.08. The Morgan fingerprint density at radius 2 is 2.32 bits per heavy atom. The SMILES string of the molecule is O=C(CCC1CCCCN1)Nc1ccc(I)cc1Cl. The molecule has 0 aliphatic carbocycles. The lowest BCUT2D eigenvalue weighted by Gasteiger charge is -2.23. The lowest BCUT2D eigenvalue weighted by Crippen LogP contribution is -2.34. The number of nitrogens with one attached hydrogen (secondary N) is 2. The molecule has 1 aliphatic heterocycles. The van der Waals surface area contributed by atoms with Crippen LogP contribution >= 0.6 is 34.2 Å². The van der Waals surface area contributed by atoms with Gasteiger partial charge in [0, 0.05) is 16.0 Å². The second-order valence-electron chi connectivity index (χ2n) is 4.86. The number of amides is 1. The fourth-order valence-corrected chi connectivity index (χ4v) is 3.18.